The molecule has 6 atom stereocenters. The van der Waals surface area contributed by atoms with Crippen LogP contribution < -0.4 is 22.1 Å². The third-order valence-corrected chi connectivity index (χ3v) is 13.0. The van der Waals surface area contributed by atoms with Crippen LogP contribution in [0.3, 0.4) is 0 Å². The lowest BCUT2D eigenvalue weighted by atomic mass is 10.0. The van der Waals surface area contributed by atoms with E-state index in [0.717, 1.165) is 37.7 Å². The molecule has 1 aliphatic heterocycles. The molecule has 19 heteroatoms. The van der Waals surface area contributed by atoms with E-state index < -0.39 is 71.7 Å². The number of likely N-dealkylation sites (tertiary alicyclic amines) is 1. The highest BCUT2D eigenvalue weighted by Gasteiger charge is 2.38. The molecule has 0 unspecified atom stereocenters. The van der Waals surface area contributed by atoms with E-state index in [1.165, 1.54) is 28.8 Å². The first-order chi connectivity index (χ1) is 34.0. The van der Waals surface area contributed by atoms with Gasteiger partial charge in [0, 0.05) is 60.3 Å². The smallest absolute Gasteiger partial charge is 0.247 e. The maximum atomic E-state index is 14.7. The van der Waals surface area contributed by atoms with Crippen molar-refractivity contribution in [3.63, 3.8) is 0 Å². The number of hydrogen-bond donors (Lipinski definition) is 4. The fourth-order valence-corrected chi connectivity index (χ4v) is 8.49. The molecule has 1 aliphatic rings. The van der Waals surface area contributed by atoms with Crippen molar-refractivity contribution in [1.29, 1.82) is 0 Å². The van der Waals surface area contributed by atoms with Gasteiger partial charge in [0.15, 0.2) is 0 Å². The Morgan fingerprint density at radius 2 is 1.25 bits per heavy atom. The molecule has 410 valence electrons. The van der Waals surface area contributed by atoms with Gasteiger partial charge in [-0.1, -0.05) is 85.2 Å². The van der Waals surface area contributed by atoms with Gasteiger partial charge >= 0.3 is 0 Å². The minimum absolute atomic E-state index is 0.00203. The van der Waals surface area contributed by atoms with Gasteiger partial charge in [0.05, 0.1) is 26.4 Å². The lowest BCUT2D eigenvalue weighted by Gasteiger charge is -2.36. The Morgan fingerprint density at radius 1 is 0.681 bits per heavy atom. The Balaban J connectivity index is 2.53. The van der Waals surface area contributed by atoms with E-state index in [0.29, 0.717) is 58.0 Å². The summed E-state index contributed by atoms with van der Waals surface area (Å²) in [5.74, 6) is -3.05. The second kappa shape index (κ2) is 33.2. The van der Waals surface area contributed by atoms with Crippen LogP contribution in [0.25, 0.3) is 0 Å². The van der Waals surface area contributed by atoms with Crippen LogP contribution in [0.4, 0.5) is 0 Å². The zero-order valence-corrected chi connectivity index (χ0v) is 46.0. The quantitative estimate of drug-likeness (QED) is 0.0730. The van der Waals surface area contributed by atoms with Crippen LogP contribution in [0.2, 0.25) is 0 Å². The number of carbonyl (C=O) groups is 7. The van der Waals surface area contributed by atoms with Crippen LogP contribution in [0.15, 0.2) is 30.3 Å². The largest absolute Gasteiger partial charge is 0.379 e. The molecule has 0 spiro atoms. The van der Waals surface area contributed by atoms with Crippen molar-refractivity contribution < 1.29 is 43.0 Å². The number of ether oxygens (including phenoxy) is 2. The van der Waals surface area contributed by atoms with Crippen molar-refractivity contribution in [2.75, 3.05) is 101 Å². The molecule has 2 rings (SSSR count). The van der Waals surface area contributed by atoms with Crippen LogP contribution in [0.1, 0.15) is 105 Å². The number of nitrogens with two attached hydrogens (primary N) is 2. The Bertz CT molecular complexity index is 1810. The highest BCUT2D eigenvalue weighted by molar-refractivity contribution is 5.95. The SMILES string of the molecule is CCCCN(CC(=O)N(C)[C@@H](Cc1ccccc1)C(=O)N[C@@H](COCCN(C)C)C(=O)N(C)[C@@H](CC(C)C)C(N)=O)C[C@H](NC(=O)[C@H](CC(C)C)N(C)C(=O)[C@@H](N)COCCC(C)C)C(=O)N1CCCCC1. The molecule has 0 radical (unpaired) electrons. The number of rotatable bonds is 34. The average molecular weight is 1020 g/mol. The summed E-state index contributed by atoms with van der Waals surface area (Å²) in [6.07, 6.45) is 5.60. The number of nitrogens with zero attached hydrogens (tertiary/aromatic N) is 6. The summed E-state index contributed by atoms with van der Waals surface area (Å²) in [4.78, 5) is 108. The number of hydrogen-bond acceptors (Lipinski definition) is 12. The summed E-state index contributed by atoms with van der Waals surface area (Å²) in [7, 11) is 8.34. The van der Waals surface area contributed by atoms with Crippen LogP contribution in [-0.2, 0) is 49.5 Å². The van der Waals surface area contributed by atoms with Crippen LogP contribution in [-0.4, -0.2) is 208 Å². The molecule has 1 fully saturated rings. The fourth-order valence-electron chi connectivity index (χ4n) is 8.49. The van der Waals surface area contributed by atoms with Crippen LogP contribution >= 0.6 is 0 Å². The molecule has 6 N–H and O–H groups in total. The number of piperidine rings is 1. The van der Waals surface area contributed by atoms with Crippen molar-refractivity contribution in [3.8, 4) is 0 Å². The van der Waals surface area contributed by atoms with E-state index >= 15 is 0 Å². The molecule has 0 aromatic heterocycles. The van der Waals surface area contributed by atoms with Gasteiger partial charge in [0.25, 0.3) is 0 Å². The van der Waals surface area contributed by atoms with Crippen LogP contribution in [0.5, 0.6) is 0 Å². The number of unbranched alkanes of at least 4 members (excludes halogenated alkanes) is 1. The van der Waals surface area contributed by atoms with Gasteiger partial charge in [-0.15, -0.1) is 0 Å². The van der Waals surface area contributed by atoms with E-state index in [1.807, 2.05) is 88.8 Å². The van der Waals surface area contributed by atoms with E-state index in [2.05, 4.69) is 24.5 Å². The molecule has 1 heterocycles. The monoisotopic (exact) mass is 1010 g/mol. The third-order valence-electron chi connectivity index (χ3n) is 13.0. The maximum Gasteiger partial charge on any atom is 0.247 e. The van der Waals surface area contributed by atoms with Crippen LogP contribution in [0, 0.1) is 17.8 Å². The first-order valence-electron chi connectivity index (χ1n) is 26.3. The summed E-state index contributed by atoms with van der Waals surface area (Å²) < 4.78 is 11.6. The molecule has 1 aromatic rings. The fraction of sp³-hybridized carbons (Fsp3) is 0.755. The zero-order valence-electron chi connectivity index (χ0n) is 46.0. The summed E-state index contributed by atoms with van der Waals surface area (Å²) in [6, 6.07) is 2.94. The second-order valence-corrected chi connectivity index (χ2v) is 21.1. The standard InChI is InChI=1S/C53H94N10O9/c1-13-14-24-62(33-42(53(70)63-25-19-16-20-26-63)56-49(66)45(31-39(6)7)61(12)51(68)41(54)35-71-28-23-37(2)3)34-47(64)59(10)46(32-40-21-17-15-18-22-40)50(67)57-43(36-72-29-27-58(8)9)52(69)60(11)44(48(55)65)30-38(4)5/h15,17-18,21-22,37-39,41-46H,13-14,16,19-20,23-36,54H2,1-12H3,(H2,55,65)(H,56,66)(H,57,67)/t41-,42-,43-,44-,45-,46-/m0/s1. The first-order valence-corrected chi connectivity index (χ1v) is 26.3. The minimum atomic E-state index is -1.22. The molecule has 7 amide bonds. The molecule has 72 heavy (non-hydrogen) atoms. The zero-order chi connectivity index (χ0) is 54.1. The van der Waals surface area contributed by atoms with Crippen molar-refractivity contribution in [2.24, 2.45) is 29.2 Å². The Labute approximate surface area is 431 Å². The predicted molar refractivity (Wildman–Crippen MR) is 281 cm³/mol. The average Bonchev–Trinajstić information content (AvgIpc) is 3.33. The topological polar surface area (TPSA) is 233 Å². The molecule has 0 bridgehead atoms. The van der Waals surface area contributed by atoms with Gasteiger partial charge in [-0.2, -0.15) is 0 Å². The number of likely N-dealkylation sites (N-methyl/N-ethyl adjacent to an activating group) is 4. The number of carbonyl (C=O) groups excluding carboxylic acids is 7. The summed E-state index contributed by atoms with van der Waals surface area (Å²) in [5, 5.41) is 5.91. The Morgan fingerprint density at radius 3 is 1.82 bits per heavy atom. The van der Waals surface area contributed by atoms with Gasteiger partial charge in [0.1, 0.15) is 36.3 Å². The molecule has 1 saturated heterocycles. The summed E-state index contributed by atoms with van der Waals surface area (Å²) in [6.45, 7) is 16.2. The van der Waals surface area contributed by atoms with Gasteiger partial charge in [-0.05, 0) is 88.9 Å². The highest BCUT2D eigenvalue weighted by atomic mass is 16.5. The van der Waals surface area contributed by atoms with Crippen molar-refractivity contribution in [2.45, 2.75) is 143 Å². The highest BCUT2D eigenvalue weighted by Crippen LogP contribution is 2.18. The summed E-state index contributed by atoms with van der Waals surface area (Å²) >= 11 is 0. The van der Waals surface area contributed by atoms with Crippen molar-refractivity contribution in [3.05, 3.63) is 35.9 Å². The van der Waals surface area contributed by atoms with Crippen molar-refractivity contribution >= 4 is 41.4 Å². The molecular weight excluding hydrogens is 921 g/mol. The lowest BCUT2D eigenvalue weighted by molar-refractivity contribution is -0.145. The number of nitrogens with one attached hydrogen (secondary N) is 2. The minimum Gasteiger partial charge on any atom is -0.379 e. The van der Waals surface area contributed by atoms with E-state index in [1.54, 1.807) is 11.9 Å². The molecule has 0 aliphatic carbocycles. The second-order valence-electron chi connectivity index (χ2n) is 21.1. The lowest BCUT2D eigenvalue weighted by Crippen LogP contribution is -2.61. The van der Waals surface area contributed by atoms with Gasteiger partial charge in [-0.3, -0.25) is 38.5 Å². The van der Waals surface area contributed by atoms with E-state index in [4.69, 9.17) is 20.9 Å². The first kappa shape index (κ1) is 63.4. The maximum absolute atomic E-state index is 14.7. The number of benzene rings is 1. The van der Waals surface area contributed by atoms with E-state index in [-0.39, 0.29) is 57.1 Å². The Hall–Kier alpha value is -4.69. The van der Waals surface area contributed by atoms with Gasteiger partial charge in [0.2, 0.25) is 41.4 Å². The summed E-state index contributed by atoms with van der Waals surface area (Å²) in [5.41, 5.74) is 12.9. The van der Waals surface area contributed by atoms with Crippen molar-refractivity contribution in [1.82, 2.24) is 40.0 Å². The van der Waals surface area contributed by atoms with E-state index in [9.17, 15) is 33.6 Å². The number of primary amides is 1. The predicted octanol–water partition coefficient (Wildman–Crippen LogP) is 2.34. The van der Waals surface area contributed by atoms with Gasteiger partial charge < -0.3 is 56.1 Å². The number of amides is 7. The van der Waals surface area contributed by atoms with Gasteiger partial charge in [-0.25, -0.2) is 0 Å². The molecule has 1 aromatic carbocycles. The molecular formula is C53H94N10O9. The molecule has 19 nitrogen and oxygen atoms in total. The molecule has 0 saturated carbocycles. The Kier molecular flexibility index (Phi) is 29.2. The normalized spacial score (nSPS) is 15.5. The third kappa shape index (κ3) is 22.6.